The lowest BCUT2D eigenvalue weighted by Crippen LogP contribution is -2.59. The summed E-state index contributed by atoms with van der Waals surface area (Å²) in [5, 5.41) is 33.0. The van der Waals surface area contributed by atoms with Crippen LogP contribution in [0, 0.1) is 10.8 Å². The second-order valence-electron chi connectivity index (χ2n) is 16.8. The first-order chi connectivity index (χ1) is 26.9. The maximum atomic E-state index is 14.2. The molecule has 6 N–H and O–H groups in total. The van der Waals surface area contributed by atoms with Gasteiger partial charge in [0.2, 0.25) is 11.8 Å². The van der Waals surface area contributed by atoms with Gasteiger partial charge in [-0.3, -0.25) is 14.6 Å². The lowest BCUT2D eigenvalue weighted by molar-refractivity contribution is -0.128. The fourth-order valence-electron chi connectivity index (χ4n) is 6.62. The molecule has 0 aliphatic carbocycles. The molecular formula is C45H58N6O6. The number of carbonyl (C=O) groups excluding carboxylic acids is 3. The van der Waals surface area contributed by atoms with Gasteiger partial charge in [0.15, 0.2) is 0 Å². The SMILES string of the molecule is CN(Cc1ccccc1)C(=O)N[C@H](C(=O)N[C@@H](Cc1ccccc1)[C@@H](O)C[C@H](Cc1ccc(-c2ccccn2)cc1)NC(=O)[C@@H](NC(=O)O)C(C)(C)C)C(C)(C)C. The van der Waals surface area contributed by atoms with E-state index >= 15 is 0 Å². The van der Waals surface area contributed by atoms with Crippen molar-refractivity contribution in [2.24, 2.45) is 10.8 Å². The Kier molecular flexibility index (Phi) is 15.4. The topological polar surface area (TPSA) is 173 Å². The van der Waals surface area contributed by atoms with Crippen LogP contribution in [0.1, 0.15) is 64.7 Å². The number of hydrogen-bond acceptors (Lipinski definition) is 6. The van der Waals surface area contributed by atoms with Crippen molar-refractivity contribution >= 4 is 23.9 Å². The summed E-state index contributed by atoms with van der Waals surface area (Å²) in [6.07, 6.45) is -0.206. The fourth-order valence-corrected chi connectivity index (χ4v) is 6.62. The van der Waals surface area contributed by atoms with Gasteiger partial charge in [-0.1, -0.05) is 133 Å². The van der Waals surface area contributed by atoms with E-state index in [0.717, 1.165) is 27.9 Å². The number of hydrogen-bond donors (Lipinski definition) is 6. The van der Waals surface area contributed by atoms with Crippen molar-refractivity contribution in [3.63, 3.8) is 0 Å². The first-order valence-corrected chi connectivity index (χ1v) is 19.3. The van der Waals surface area contributed by atoms with Crippen LogP contribution in [0.4, 0.5) is 9.59 Å². The van der Waals surface area contributed by atoms with E-state index in [4.69, 9.17) is 0 Å². The van der Waals surface area contributed by atoms with Gasteiger partial charge in [0.05, 0.1) is 17.8 Å². The van der Waals surface area contributed by atoms with E-state index in [2.05, 4.69) is 26.3 Å². The molecule has 1 aromatic heterocycles. The highest BCUT2D eigenvalue weighted by Crippen LogP contribution is 2.24. The number of urea groups is 1. The van der Waals surface area contributed by atoms with Gasteiger partial charge in [-0.2, -0.15) is 0 Å². The molecule has 0 aliphatic rings. The minimum absolute atomic E-state index is 0.0157. The maximum absolute atomic E-state index is 14.2. The highest BCUT2D eigenvalue weighted by molar-refractivity contribution is 5.88. The molecular weight excluding hydrogens is 721 g/mol. The van der Waals surface area contributed by atoms with Gasteiger partial charge in [-0.15, -0.1) is 0 Å². The third kappa shape index (κ3) is 13.7. The molecule has 4 aromatic rings. The van der Waals surface area contributed by atoms with Crippen LogP contribution in [0.5, 0.6) is 0 Å². The van der Waals surface area contributed by atoms with Crippen LogP contribution >= 0.6 is 0 Å². The standard InChI is InChI=1S/C45H58N6O6/c1-44(2,3)38(49-42(55)51(7)29-32-18-12-9-13-19-32)41(54)48-36(27-30-16-10-8-11-17-30)37(52)28-34(47-40(53)39(45(4,5)6)50-43(56)57)26-31-21-23-33(24-22-31)35-20-14-15-25-46-35/h8-25,34,36-39,50,52H,26-29H2,1-7H3,(H,47,53)(H,48,54)(H,49,55)(H,56,57)/t34-,36-,37-,38+,39+/m0/s1. The summed E-state index contributed by atoms with van der Waals surface area (Å²) < 4.78 is 0. The van der Waals surface area contributed by atoms with E-state index in [1.807, 2.05) is 124 Å². The number of benzene rings is 3. The molecule has 0 bridgehead atoms. The van der Waals surface area contributed by atoms with Crippen LogP contribution in [0.25, 0.3) is 11.3 Å². The molecule has 0 radical (unpaired) electrons. The molecule has 3 aromatic carbocycles. The van der Waals surface area contributed by atoms with Crippen molar-refractivity contribution in [2.75, 3.05) is 7.05 Å². The van der Waals surface area contributed by atoms with Crippen molar-refractivity contribution in [3.8, 4) is 11.3 Å². The lowest BCUT2D eigenvalue weighted by atomic mass is 9.85. The van der Waals surface area contributed by atoms with Gasteiger partial charge in [0.25, 0.3) is 0 Å². The molecule has 0 aliphatic heterocycles. The Hall–Kier alpha value is -5.75. The van der Waals surface area contributed by atoms with Gasteiger partial charge >= 0.3 is 12.1 Å². The average Bonchev–Trinajstić information content (AvgIpc) is 3.16. The van der Waals surface area contributed by atoms with Gasteiger partial charge in [-0.25, -0.2) is 9.59 Å². The third-order valence-corrected chi connectivity index (χ3v) is 9.76. The number of carboxylic acid groups (broad SMARTS) is 1. The summed E-state index contributed by atoms with van der Waals surface area (Å²) in [7, 11) is 1.67. The molecule has 0 spiro atoms. The summed E-state index contributed by atoms with van der Waals surface area (Å²) >= 11 is 0. The minimum Gasteiger partial charge on any atom is -0.465 e. The van der Waals surface area contributed by atoms with Gasteiger partial charge in [0.1, 0.15) is 12.1 Å². The van der Waals surface area contributed by atoms with Crippen molar-refractivity contribution in [1.82, 2.24) is 31.2 Å². The monoisotopic (exact) mass is 778 g/mol. The largest absolute Gasteiger partial charge is 0.465 e. The molecule has 0 saturated carbocycles. The number of carbonyl (C=O) groups is 4. The summed E-state index contributed by atoms with van der Waals surface area (Å²) in [4.78, 5) is 59.1. The van der Waals surface area contributed by atoms with Crippen LogP contribution in [0.15, 0.2) is 109 Å². The lowest BCUT2D eigenvalue weighted by Gasteiger charge is -2.35. The molecule has 4 rings (SSSR count). The molecule has 0 saturated heterocycles. The molecule has 0 unspecified atom stereocenters. The normalized spacial score (nSPS) is 14.2. The van der Waals surface area contributed by atoms with Crippen LogP contribution in [0.2, 0.25) is 0 Å². The number of rotatable bonds is 16. The number of nitrogens with zero attached hydrogens (tertiary/aromatic N) is 2. The summed E-state index contributed by atoms with van der Waals surface area (Å²) in [6, 6.07) is 28.4. The number of aromatic nitrogens is 1. The van der Waals surface area contributed by atoms with Crippen molar-refractivity contribution in [1.29, 1.82) is 0 Å². The number of pyridine rings is 1. The van der Waals surface area contributed by atoms with E-state index < -0.39 is 65.0 Å². The Labute approximate surface area is 336 Å². The van der Waals surface area contributed by atoms with E-state index in [1.165, 1.54) is 4.90 Å². The number of nitrogens with one attached hydrogen (secondary N) is 4. The fraction of sp³-hybridized carbons (Fsp3) is 0.400. The molecule has 12 heteroatoms. The van der Waals surface area contributed by atoms with Gasteiger partial charge in [-0.05, 0) is 58.9 Å². The Morgan fingerprint density at radius 1 is 0.649 bits per heavy atom. The molecule has 5 atom stereocenters. The molecule has 1 heterocycles. The number of aliphatic hydroxyl groups excluding tert-OH is 1. The molecule has 57 heavy (non-hydrogen) atoms. The predicted molar refractivity (Wildman–Crippen MR) is 222 cm³/mol. The summed E-state index contributed by atoms with van der Waals surface area (Å²) in [5.41, 5.74) is 2.93. The van der Waals surface area contributed by atoms with Crippen molar-refractivity contribution < 1.29 is 29.4 Å². The smallest absolute Gasteiger partial charge is 0.405 e. The number of amides is 5. The highest BCUT2D eigenvalue weighted by Gasteiger charge is 2.37. The Bertz CT molecular complexity index is 1900. The second-order valence-corrected chi connectivity index (χ2v) is 16.8. The van der Waals surface area contributed by atoms with E-state index in [9.17, 15) is 29.4 Å². The van der Waals surface area contributed by atoms with E-state index in [-0.39, 0.29) is 12.8 Å². The van der Waals surface area contributed by atoms with Crippen LogP contribution in [0.3, 0.4) is 0 Å². The van der Waals surface area contributed by atoms with Crippen molar-refractivity contribution in [3.05, 3.63) is 126 Å². The zero-order chi connectivity index (χ0) is 41.8. The van der Waals surface area contributed by atoms with Crippen LogP contribution in [-0.4, -0.2) is 81.4 Å². The van der Waals surface area contributed by atoms with E-state index in [0.29, 0.717) is 13.0 Å². The molecule has 304 valence electrons. The third-order valence-electron chi connectivity index (χ3n) is 9.76. The summed E-state index contributed by atoms with van der Waals surface area (Å²) in [6.45, 7) is 11.2. The highest BCUT2D eigenvalue weighted by atomic mass is 16.4. The maximum Gasteiger partial charge on any atom is 0.405 e. The Balaban J connectivity index is 1.61. The van der Waals surface area contributed by atoms with Crippen LogP contribution in [-0.2, 0) is 29.0 Å². The average molecular weight is 779 g/mol. The zero-order valence-electron chi connectivity index (χ0n) is 34.0. The number of aliphatic hydroxyl groups is 1. The van der Waals surface area contributed by atoms with Gasteiger partial charge in [0, 0.05) is 31.4 Å². The molecule has 12 nitrogen and oxygen atoms in total. The van der Waals surface area contributed by atoms with Crippen molar-refractivity contribution in [2.45, 2.75) is 97.6 Å². The quantitative estimate of drug-likeness (QED) is 0.0787. The molecule has 0 fully saturated rings. The zero-order valence-corrected chi connectivity index (χ0v) is 34.0. The Morgan fingerprint density at radius 3 is 1.72 bits per heavy atom. The van der Waals surface area contributed by atoms with Gasteiger partial charge < -0.3 is 36.4 Å². The first-order valence-electron chi connectivity index (χ1n) is 19.3. The second kappa shape index (κ2) is 19.9. The molecule has 5 amide bonds. The predicted octanol–water partition coefficient (Wildman–Crippen LogP) is 6.19. The minimum atomic E-state index is -1.33. The first kappa shape index (κ1) is 44.0. The summed E-state index contributed by atoms with van der Waals surface area (Å²) in [5.74, 6) is -1.00. The van der Waals surface area contributed by atoms with Crippen LogP contribution < -0.4 is 21.3 Å². The van der Waals surface area contributed by atoms with E-state index in [1.54, 1.807) is 34.0 Å². The Morgan fingerprint density at radius 2 is 1.18 bits per heavy atom.